The van der Waals surface area contributed by atoms with E-state index in [9.17, 15) is 14.4 Å². The minimum atomic E-state index is -0.535. The molecule has 8 nitrogen and oxygen atoms in total. The Bertz CT molecular complexity index is 1290. The Morgan fingerprint density at radius 2 is 1.79 bits per heavy atom. The van der Waals surface area contributed by atoms with Crippen LogP contribution in [-0.2, 0) is 4.79 Å². The summed E-state index contributed by atoms with van der Waals surface area (Å²) in [7, 11) is 0. The normalized spacial score (nSPS) is 16.2. The molecule has 0 spiro atoms. The Hall–Kier alpha value is -3.75. The predicted molar refractivity (Wildman–Crippen MR) is 123 cm³/mol. The average molecular weight is 449 g/mol. The van der Waals surface area contributed by atoms with E-state index in [4.69, 9.17) is 0 Å². The third kappa shape index (κ3) is 4.06. The van der Waals surface area contributed by atoms with Crippen LogP contribution in [0, 0.1) is 5.82 Å². The van der Waals surface area contributed by atoms with Crippen LogP contribution in [0.2, 0.25) is 0 Å². The Labute approximate surface area is 189 Å². The van der Waals surface area contributed by atoms with Crippen molar-refractivity contribution in [3.63, 3.8) is 0 Å². The lowest BCUT2D eigenvalue weighted by molar-refractivity contribution is -0.129. The second-order valence-corrected chi connectivity index (χ2v) is 8.51. The molecule has 0 radical (unpaired) electrons. The molecule has 1 saturated carbocycles. The van der Waals surface area contributed by atoms with Crippen LogP contribution >= 0.6 is 0 Å². The fourth-order valence-corrected chi connectivity index (χ4v) is 4.31. The maximum Gasteiger partial charge on any atom is 0.261 e. The molecule has 1 aliphatic carbocycles. The number of nitrogens with one attached hydrogen (secondary N) is 1. The fraction of sp³-hybridized carbons (Fsp3) is 0.333. The standard InChI is InChI=1S/C24H24FN5O3/c1-15(31)28-8-10-29(11-9-28)22-13-21-18(12-20(22)25)23(32)19(14-30(21)17-2-3-17)24(33)27-16-4-6-26-7-5-16/h4-7,12-14,17H,2-3,8-11H2,1H3,(H,26,27,33). The van der Waals surface area contributed by atoms with Crippen molar-refractivity contribution in [3.05, 3.63) is 64.5 Å². The molecule has 0 unspecified atom stereocenters. The number of piperazine rings is 1. The molecule has 170 valence electrons. The molecule has 3 aromatic rings. The molecule has 0 bridgehead atoms. The molecule has 1 aromatic carbocycles. The molecule has 33 heavy (non-hydrogen) atoms. The second-order valence-electron chi connectivity index (χ2n) is 8.51. The molecule has 1 saturated heterocycles. The van der Waals surface area contributed by atoms with E-state index in [1.807, 2.05) is 9.47 Å². The molecule has 9 heteroatoms. The summed E-state index contributed by atoms with van der Waals surface area (Å²) in [5, 5.41) is 2.90. The monoisotopic (exact) mass is 449 g/mol. The summed E-state index contributed by atoms with van der Waals surface area (Å²) in [6.07, 6.45) is 6.56. The quantitative estimate of drug-likeness (QED) is 0.662. The van der Waals surface area contributed by atoms with Gasteiger partial charge in [0.1, 0.15) is 11.4 Å². The molecule has 1 N–H and O–H groups in total. The Morgan fingerprint density at radius 1 is 1.09 bits per heavy atom. The minimum Gasteiger partial charge on any atom is -0.366 e. The summed E-state index contributed by atoms with van der Waals surface area (Å²) < 4.78 is 17.1. The molecular formula is C24H24FN5O3. The van der Waals surface area contributed by atoms with Gasteiger partial charge in [0.2, 0.25) is 11.3 Å². The van der Waals surface area contributed by atoms with Gasteiger partial charge in [-0.15, -0.1) is 0 Å². The van der Waals surface area contributed by atoms with Gasteiger partial charge in [-0.05, 0) is 37.1 Å². The first-order chi connectivity index (χ1) is 15.9. The Kier molecular flexibility index (Phi) is 5.32. The predicted octanol–water partition coefficient (Wildman–Crippen LogP) is 2.79. The first-order valence-corrected chi connectivity index (χ1v) is 11.0. The van der Waals surface area contributed by atoms with Gasteiger partial charge >= 0.3 is 0 Å². The zero-order chi connectivity index (χ0) is 23.1. The van der Waals surface area contributed by atoms with Gasteiger partial charge in [0.15, 0.2) is 0 Å². The molecule has 1 aliphatic heterocycles. The summed E-state index contributed by atoms with van der Waals surface area (Å²) >= 11 is 0. The van der Waals surface area contributed by atoms with Crippen molar-refractivity contribution in [1.82, 2.24) is 14.5 Å². The number of hydrogen-bond acceptors (Lipinski definition) is 5. The molecular weight excluding hydrogens is 425 g/mol. The number of aromatic nitrogens is 2. The van der Waals surface area contributed by atoms with Crippen LogP contribution < -0.4 is 15.6 Å². The summed E-state index contributed by atoms with van der Waals surface area (Å²) in [4.78, 5) is 45.3. The van der Waals surface area contributed by atoms with Gasteiger partial charge in [-0.25, -0.2) is 4.39 Å². The number of amides is 2. The van der Waals surface area contributed by atoms with Gasteiger partial charge in [0.25, 0.3) is 5.91 Å². The van der Waals surface area contributed by atoms with Crippen molar-refractivity contribution in [2.24, 2.45) is 0 Å². The number of carbonyl (C=O) groups excluding carboxylic acids is 2. The number of rotatable bonds is 4. The zero-order valence-corrected chi connectivity index (χ0v) is 18.3. The Morgan fingerprint density at radius 3 is 2.42 bits per heavy atom. The second kappa shape index (κ2) is 8.31. The van der Waals surface area contributed by atoms with Gasteiger partial charge < -0.3 is 19.7 Å². The lowest BCUT2D eigenvalue weighted by Gasteiger charge is -2.36. The van der Waals surface area contributed by atoms with Gasteiger partial charge in [0, 0.05) is 68.8 Å². The third-order valence-corrected chi connectivity index (χ3v) is 6.29. The van der Waals surface area contributed by atoms with Crippen LogP contribution in [0.3, 0.4) is 0 Å². The largest absolute Gasteiger partial charge is 0.366 e. The summed E-state index contributed by atoms with van der Waals surface area (Å²) in [6.45, 7) is 3.61. The highest BCUT2D eigenvalue weighted by Crippen LogP contribution is 2.38. The summed E-state index contributed by atoms with van der Waals surface area (Å²) in [5.74, 6) is -1.04. The number of carbonyl (C=O) groups is 2. The smallest absolute Gasteiger partial charge is 0.261 e. The van der Waals surface area contributed by atoms with E-state index in [1.54, 1.807) is 41.7 Å². The number of hydrogen-bond donors (Lipinski definition) is 1. The van der Waals surface area contributed by atoms with Crippen LogP contribution in [0.25, 0.3) is 10.9 Å². The SMILES string of the molecule is CC(=O)N1CCN(c2cc3c(cc2F)c(=O)c(C(=O)Nc2ccncc2)cn3C2CC2)CC1. The van der Waals surface area contributed by atoms with E-state index in [-0.39, 0.29) is 22.9 Å². The van der Waals surface area contributed by atoms with Gasteiger partial charge in [-0.2, -0.15) is 0 Å². The van der Waals surface area contributed by atoms with Crippen molar-refractivity contribution < 1.29 is 14.0 Å². The highest BCUT2D eigenvalue weighted by molar-refractivity contribution is 6.06. The van der Waals surface area contributed by atoms with Crippen molar-refractivity contribution in [2.45, 2.75) is 25.8 Å². The van der Waals surface area contributed by atoms with E-state index >= 15 is 4.39 Å². The number of benzene rings is 1. The first-order valence-electron chi connectivity index (χ1n) is 11.0. The lowest BCUT2D eigenvalue weighted by atomic mass is 10.1. The van der Waals surface area contributed by atoms with Gasteiger partial charge in [0.05, 0.1) is 11.2 Å². The Balaban J connectivity index is 1.54. The maximum atomic E-state index is 15.2. The van der Waals surface area contributed by atoms with Gasteiger partial charge in [-0.1, -0.05) is 0 Å². The maximum absolute atomic E-state index is 15.2. The van der Waals surface area contributed by atoms with Crippen LogP contribution in [-0.4, -0.2) is 52.4 Å². The highest BCUT2D eigenvalue weighted by atomic mass is 19.1. The van der Waals surface area contributed by atoms with Crippen molar-refractivity contribution in [1.29, 1.82) is 0 Å². The van der Waals surface area contributed by atoms with E-state index in [1.165, 1.54) is 13.0 Å². The van der Waals surface area contributed by atoms with Crippen LogP contribution in [0.4, 0.5) is 15.8 Å². The topological polar surface area (TPSA) is 87.5 Å². The third-order valence-electron chi connectivity index (χ3n) is 6.29. The summed E-state index contributed by atoms with van der Waals surface area (Å²) in [5.41, 5.74) is 1.04. The summed E-state index contributed by atoms with van der Waals surface area (Å²) in [6, 6.07) is 6.39. The number of fused-ring (bicyclic) bond motifs is 1. The van der Waals surface area contributed by atoms with Crippen LogP contribution in [0.1, 0.15) is 36.2 Å². The van der Waals surface area contributed by atoms with E-state index in [0.29, 0.717) is 43.1 Å². The highest BCUT2D eigenvalue weighted by Gasteiger charge is 2.29. The van der Waals surface area contributed by atoms with Crippen molar-refractivity contribution >= 4 is 34.1 Å². The number of pyridine rings is 2. The van der Waals surface area contributed by atoms with E-state index < -0.39 is 17.2 Å². The molecule has 0 atom stereocenters. The first kappa shape index (κ1) is 21.1. The zero-order valence-electron chi connectivity index (χ0n) is 18.3. The van der Waals surface area contributed by atoms with E-state index in [2.05, 4.69) is 10.3 Å². The number of anilines is 2. The number of halogens is 1. The molecule has 2 aromatic heterocycles. The molecule has 2 amide bonds. The molecule has 2 fully saturated rings. The van der Waals surface area contributed by atoms with Crippen molar-refractivity contribution in [3.8, 4) is 0 Å². The fourth-order valence-electron chi connectivity index (χ4n) is 4.31. The number of nitrogens with zero attached hydrogens (tertiary/aromatic N) is 4. The van der Waals surface area contributed by atoms with Crippen LogP contribution in [0.15, 0.2) is 47.7 Å². The molecule has 2 aliphatic rings. The van der Waals surface area contributed by atoms with Crippen molar-refractivity contribution in [2.75, 3.05) is 36.4 Å². The van der Waals surface area contributed by atoms with Gasteiger partial charge in [-0.3, -0.25) is 19.4 Å². The molecule has 3 heterocycles. The van der Waals surface area contributed by atoms with Crippen LogP contribution in [0.5, 0.6) is 0 Å². The average Bonchev–Trinajstić information content (AvgIpc) is 3.65. The minimum absolute atomic E-state index is 0.00813. The lowest BCUT2D eigenvalue weighted by Crippen LogP contribution is -2.48. The van der Waals surface area contributed by atoms with E-state index in [0.717, 1.165) is 12.8 Å². The molecule has 5 rings (SSSR count).